The molecule has 0 spiro atoms. The van der Waals surface area contributed by atoms with Gasteiger partial charge in [0.25, 0.3) is 0 Å². The van der Waals surface area contributed by atoms with E-state index >= 15 is 0 Å². The number of carbonyl (C=O) groups excluding carboxylic acids is 1. The Hall–Kier alpha value is -0.940. The lowest BCUT2D eigenvalue weighted by Gasteiger charge is -2.00. The summed E-state index contributed by atoms with van der Waals surface area (Å²) in [6, 6.07) is 1.45. The summed E-state index contributed by atoms with van der Waals surface area (Å²) in [6.45, 7) is 0. The van der Waals surface area contributed by atoms with Crippen molar-refractivity contribution < 1.29 is 14.7 Å². The molecule has 1 rings (SSSR count). The van der Waals surface area contributed by atoms with Crippen LogP contribution < -0.4 is 0 Å². The lowest BCUT2D eigenvalue weighted by Crippen LogP contribution is -2.08. The molecule has 0 aliphatic rings. The third-order valence-electron chi connectivity index (χ3n) is 1.42. The highest BCUT2D eigenvalue weighted by Gasteiger charge is 2.15. The van der Waals surface area contributed by atoms with Gasteiger partial charge in [-0.25, -0.2) is 4.98 Å². The molecule has 0 fully saturated rings. The average molecular weight is 278 g/mol. The van der Waals surface area contributed by atoms with Crippen LogP contribution in [0.3, 0.4) is 0 Å². The fourth-order valence-corrected chi connectivity index (χ4v) is 1.39. The summed E-state index contributed by atoms with van der Waals surface area (Å²) in [5.41, 5.74) is 0.114. The quantitative estimate of drug-likeness (QED) is 0.522. The second-order valence-corrected chi connectivity index (χ2v) is 3.76. The van der Waals surface area contributed by atoms with E-state index in [4.69, 9.17) is 16.7 Å². The largest absolute Gasteiger partial charge is 0.481 e. The first-order valence-electron chi connectivity index (χ1n) is 3.56. The molecule has 0 aromatic carbocycles. The summed E-state index contributed by atoms with van der Waals surface area (Å²) in [5, 5.41) is 8.42. The number of hydrogen-bond donors (Lipinski definition) is 1. The van der Waals surface area contributed by atoms with Crippen LogP contribution in [0.2, 0.25) is 5.15 Å². The van der Waals surface area contributed by atoms with Gasteiger partial charge in [-0.15, -0.1) is 0 Å². The zero-order chi connectivity index (χ0) is 10.7. The van der Waals surface area contributed by atoms with Gasteiger partial charge in [0.15, 0.2) is 5.78 Å². The number of pyridine rings is 1. The first-order valence-corrected chi connectivity index (χ1v) is 4.74. The van der Waals surface area contributed by atoms with Crippen LogP contribution in [0.4, 0.5) is 0 Å². The summed E-state index contributed by atoms with van der Waals surface area (Å²) >= 11 is 8.74. The Kier molecular flexibility index (Phi) is 3.60. The maximum absolute atomic E-state index is 11.3. The summed E-state index contributed by atoms with van der Waals surface area (Å²) in [5.74, 6) is -1.75. The minimum atomic E-state index is -1.19. The van der Waals surface area contributed by atoms with Gasteiger partial charge in [-0.1, -0.05) is 11.6 Å². The fourth-order valence-electron chi connectivity index (χ4n) is 0.851. The van der Waals surface area contributed by atoms with Crippen LogP contribution in [0.1, 0.15) is 16.8 Å². The Morgan fingerprint density at radius 2 is 2.21 bits per heavy atom. The number of rotatable bonds is 3. The second-order valence-electron chi connectivity index (χ2n) is 2.49. The summed E-state index contributed by atoms with van der Waals surface area (Å²) in [4.78, 5) is 25.3. The molecule has 0 aliphatic heterocycles. The zero-order valence-electron chi connectivity index (χ0n) is 6.83. The lowest BCUT2D eigenvalue weighted by molar-refractivity contribution is -0.135. The molecule has 0 saturated heterocycles. The standard InChI is InChI=1S/C8H5BrClNO3/c9-4-1-5(8(10)11-3-4)6(12)2-7(13)14/h1,3H,2H2,(H,13,14). The second kappa shape index (κ2) is 4.52. The van der Waals surface area contributed by atoms with E-state index in [-0.39, 0.29) is 10.7 Å². The summed E-state index contributed by atoms with van der Waals surface area (Å²) in [6.07, 6.45) is 0.845. The van der Waals surface area contributed by atoms with E-state index in [1.807, 2.05) is 0 Å². The van der Waals surface area contributed by atoms with Gasteiger partial charge in [0, 0.05) is 10.7 Å². The average Bonchev–Trinajstić information content (AvgIpc) is 2.08. The van der Waals surface area contributed by atoms with Crippen LogP contribution in [0.5, 0.6) is 0 Å². The number of carboxylic acid groups (broad SMARTS) is 1. The van der Waals surface area contributed by atoms with Crippen molar-refractivity contribution in [3.8, 4) is 0 Å². The van der Waals surface area contributed by atoms with E-state index in [1.54, 1.807) is 0 Å². The summed E-state index contributed by atoms with van der Waals surface area (Å²) < 4.78 is 0.579. The highest BCUT2D eigenvalue weighted by atomic mass is 79.9. The third kappa shape index (κ3) is 2.78. The third-order valence-corrected chi connectivity index (χ3v) is 2.15. The van der Waals surface area contributed by atoms with Crippen molar-refractivity contribution in [2.75, 3.05) is 0 Å². The molecular formula is C8H5BrClNO3. The van der Waals surface area contributed by atoms with Crippen LogP contribution >= 0.6 is 27.5 Å². The van der Waals surface area contributed by atoms with Gasteiger partial charge < -0.3 is 5.11 Å². The fraction of sp³-hybridized carbons (Fsp3) is 0.125. The Bertz CT molecular complexity index is 394. The van der Waals surface area contributed by atoms with Crippen LogP contribution in [-0.4, -0.2) is 21.8 Å². The van der Waals surface area contributed by atoms with Gasteiger partial charge in [0.1, 0.15) is 11.6 Å². The molecule has 14 heavy (non-hydrogen) atoms. The zero-order valence-corrected chi connectivity index (χ0v) is 9.17. The van der Waals surface area contributed by atoms with E-state index in [0.29, 0.717) is 4.47 Å². The molecule has 0 radical (unpaired) electrons. The highest BCUT2D eigenvalue weighted by molar-refractivity contribution is 9.10. The molecule has 0 saturated carbocycles. The van der Waals surface area contributed by atoms with Gasteiger partial charge in [-0.2, -0.15) is 0 Å². The van der Waals surface area contributed by atoms with E-state index in [0.717, 1.165) is 0 Å². The molecular weight excluding hydrogens is 273 g/mol. The van der Waals surface area contributed by atoms with Gasteiger partial charge in [0.05, 0.1) is 5.56 Å². The Labute approximate surface area is 93.0 Å². The molecule has 0 aliphatic carbocycles. The van der Waals surface area contributed by atoms with Crippen LogP contribution in [0.25, 0.3) is 0 Å². The smallest absolute Gasteiger partial charge is 0.311 e. The number of ketones is 1. The predicted molar refractivity (Wildman–Crippen MR) is 53.5 cm³/mol. The molecule has 1 aromatic rings. The molecule has 1 aromatic heterocycles. The molecule has 0 unspecified atom stereocenters. The van der Waals surface area contributed by atoms with E-state index in [9.17, 15) is 9.59 Å². The van der Waals surface area contributed by atoms with E-state index in [2.05, 4.69) is 20.9 Å². The first kappa shape index (κ1) is 11.1. The Morgan fingerprint density at radius 3 is 2.79 bits per heavy atom. The predicted octanol–water partition coefficient (Wildman–Crippen LogP) is 2.15. The minimum Gasteiger partial charge on any atom is -0.481 e. The highest BCUT2D eigenvalue weighted by Crippen LogP contribution is 2.19. The number of nitrogens with zero attached hydrogens (tertiary/aromatic N) is 1. The van der Waals surface area contributed by atoms with Crippen LogP contribution in [-0.2, 0) is 4.79 Å². The van der Waals surface area contributed by atoms with Crippen LogP contribution in [0, 0.1) is 0 Å². The SMILES string of the molecule is O=C(O)CC(=O)c1cc(Br)cnc1Cl. The van der Waals surface area contributed by atoms with Crippen LogP contribution in [0.15, 0.2) is 16.7 Å². The number of halogens is 2. The Morgan fingerprint density at radius 1 is 1.57 bits per heavy atom. The maximum Gasteiger partial charge on any atom is 0.311 e. The molecule has 0 amide bonds. The topological polar surface area (TPSA) is 67.3 Å². The van der Waals surface area contributed by atoms with Crippen molar-refractivity contribution in [2.45, 2.75) is 6.42 Å². The minimum absolute atomic E-state index is 0.0134. The molecule has 0 atom stereocenters. The number of Topliss-reactive ketones (excluding diaryl/α,β-unsaturated/α-hetero) is 1. The van der Waals surface area contributed by atoms with Crippen molar-refractivity contribution in [3.05, 3.63) is 27.5 Å². The molecule has 0 bridgehead atoms. The number of carbonyl (C=O) groups is 2. The monoisotopic (exact) mass is 277 g/mol. The maximum atomic E-state index is 11.3. The lowest BCUT2D eigenvalue weighted by atomic mass is 10.1. The van der Waals surface area contributed by atoms with E-state index in [1.165, 1.54) is 12.3 Å². The molecule has 1 N–H and O–H groups in total. The van der Waals surface area contributed by atoms with E-state index < -0.39 is 18.2 Å². The van der Waals surface area contributed by atoms with Crippen molar-refractivity contribution >= 4 is 39.3 Å². The van der Waals surface area contributed by atoms with Gasteiger partial charge in [0.2, 0.25) is 0 Å². The van der Waals surface area contributed by atoms with Gasteiger partial charge >= 0.3 is 5.97 Å². The van der Waals surface area contributed by atoms with Crippen molar-refractivity contribution in [3.63, 3.8) is 0 Å². The number of carboxylic acids is 1. The number of aliphatic carboxylic acids is 1. The Balaban J connectivity index is 3.00. The normalized spacial score (nSPS) is 9.86. The molecule has 4 nitrogen and oxygen atoms in total. The molecule has 1 heterocycles. The summed E-state index contributed by atoms with van der Waals surface area (Å²) in [7, 11) is 0. The number of hydrogen-bond acceptors (Lipinski definition) is 3. The van der Waals surface area contributed by atoms with Gasteiger partial charge in [-0.05, 0) is 22.0 Å². The van der Waals surface area contributed by atoms with Crippen molar-refractivity contribution in [1.29, 1.82) is 0 Å². The first-order chi connectivity index (χ1) is 6.50. The molecule has 6 heteroatoms. The van der Waals surface area contributed by atoms with Crippen molar-refractivity contribution in [2.24, 2.45) is 0 Å². The van der Waals surface area contributed by atoms with Gasteiger partial charge in [-0.3, -0.25) is 9.59 Å². The molecule has 74 valence electrons. The number of aromatic nitrogens is 1. The van der Waals surface area contributed by atoms with Crippen molar-refractivity contribution in [1.82, 2.24) is 4.98 Å².